The SMILES string of the molecule is CCCCCn1nc(C(C)C)nc1Cc1ccc(-c2ccncc2C(=O)O)cc1. The lowest BCUT2D eigenvalue weighted by Gasteiger charge is -2.08. The Morgan fingerprint density at radius 3 is 2.55 bits per heavy atom. The Morgan fingerprint density at radius 1 is 1.14 bits per heavy atom. The van der Waals surface area contributed by atoms with E-state index in [-0.39, 0.29) is 5.56 Å². The van der Waals surface area contributed by atoms with Gasteiger partial charge in [0.15, 0.2) is 5.82 Å². The maximum atomic E-state index is 11.4. The molecule has 6 heteroatoms. The van der Waals surface area contributed by atoms with E-state index in [2.05, 4.69) is 25.8 Å². The molecule has 2 heterocycles. The lowest BCUT2D eigenvalue weighted by atomic mass is 10.00. The number of aryl methyl sites for hydroxylation is 1. The molecular weight excluding hydrogens is 364 g/mol. The van der Waals surface area contributed by atoms with Gasteiger partial charge in [-0.3, -0.25) is 4.98 Å². The van der Waals surface area contributed by atoms with Gasteiger partial charge < -0.3 is 5.11 Å². The van der Waals surface area contributed by atoms with Gasteiger partial charge in [0.25, 0.3) is 0 Å². The second-order valence-corrected chi connectivity index (χ2v) is 7.57. The fraction of sp³-hybridized carbons (Fsp3) is 0.391. The molecule has 0 unspecified atom stereocenters. The molecule has 0 radical (unpaired) electrons. The van der Waals surface area contributed by atoms with E-state index in [0.29, 0.717) is 17.9 Å². The number of aromatic nitrogens is 4. The summed E-state index contributed by atoms with van der Waals surface area (Å²) >= 11 is 0. The number of aromatic carboxylic acids is 1. The van der Waals surface area contributed by atoms with Crippen molar-refractivity contribution in [2.45, 2.75) is 58.9 Å². The third kappa shape index (κ3) is 5.08. The second-order valence-electron chi connectivity index (χ2n) is 7.57. The summed E-state index contributed by atoms with van der Waals surface area (Å²) in [6.07, 6.45) is 7.16. The highest BCUT2D eigenvalue weighted by molar-refractivity contribution is 5.95. The van der Waals surface area contributed by atoms with Crippen LogP contribution in [-0.4, -0.2) is 30.8 Å². The monoisotopic (exact) mass is 392 g/mol. The van der Waals surface area contributed by atoms with Gasteiger partial charge >= 0.3 is 5.97 Å². The standard InChI is InChI=1S/C23H28N4O2/c1-4-5-6-13-27-21(25-22(26-27)16(2)3)14-17-7-9-18(10-8-17)19-11-12-24-15-20(19)23(28)29/h7-12,15-16H,4-6,13-14H2,1-3H3,(H,28,29). The number of nitrogens with zero attached hydrogens (tertiary/aromatic N) is 4. The molecule has 3 rings (SSSR count). The smallest absolute Gasteiger partial charge is 0.337 e. The number of carboxylic acids is 1. The van der Waals surface area contributed by atoms with E-state index in [4.69, 9.17) is 10.1 Å². The van der Waals surface area contributed by atoms with E-state index in [9.17, 15) is 9.90 Å². The summed E-state index contributed by atoms with van der Waals surface area (Å²) < 4.78 is 2.05. The number of rotatable bonds is 9. The van der Waals surface area contributed by atoms with Crippen molar-refractivity contribution in [1.82, 2.24) is 19.7 Å². The van der Waals surface area contributed by atoms with Gasteiger partial charge in [0, 0.05) is 31.3 Å². The zero-order valence-electron chi connectivity index (χ0n) is 17.3. The number of benzene rings is 1. The predicted octanol–water partition coefficient (Wildman–Crippen LogP) is 4.94. The Balaban J connectivity index is 1.82. The van der Waals surface area contributed by atoms with Gasteiger partial charge in [0.1, 0.15) is 5.82 Å². The summed E-state index contributed by atoms with van der Waals surface area (Å²) in [6, 6.07) is 9.71. The van der Waals surface area contributed by atoms with Crippen LogP contribution in [0.15, 0.2) is 42.7 Å². The Bertz CT molecular complexity index is 961. The van der Waals surface area contributed by atoms with E-state index in [0.717, 1.165) is 35.7 Å². The molecule has 6 nitrogen and oxygen atoms in total. The number of hydrogen-bond acceptors (Lipinski definition) is 4. The van der Waals surface area contributed by atoms with Crippen LogP contribution in [0.2, 0.25) is 0 Å². The van der Waals surface area contributed by atoms with Crippen molar-refractivity contribution in [3.63, 3.8) is 0 Å². The highest BCUT2D eigenvalue weighted by Gasteiger charge is 2.14. The maximum absolute atomic E-state index is 11.4. The lowest BCUT2D eigenvalue weighted by Crippen LogP contribution is -2.07. The summed E-state index contributed by atoms with van der Waals surface area (Å²) in [5.41, 5.74) is 2.86. The van der Waals surface area contributed by atoms with Crippen LogP contribution in [-0.2, 0) is 13.0 Å². The second kappa shape index (κ2) is 9.45. The molecule has 0 fully saturated rings. The van der Waals surface area contributed by atoms with Gasteiger partial charge in [-0.15, -0.1) is 0 Å². The molecule has 0 atom stereocenters. The molecule has 1 aromatic carbocycles. The molecule has 152 valence electrons. The molecule has 0 aliphatic rings. The Hall–Kier alpha value is -3.02. The van der Waals surface area contributed by atoms with Gasteiger partial charge in [0.05, 0.1) is 5.56 Å². The van der Waals surface area contributed by atoms with Gasteiger partial charge in [-0.25, -0.2) is 14.5 Å². The molecule has 2 aromatic heterocycles. The Morgan fingerprint density at radius 2 is 1.90 bits per heavy atom. The normalized spacial score (nSPS) is 11.2. The quantitative estimate of drug-likeness (QED) is 0.522. The van der Waals surface area contributed by atoms with Crippen molar-refractivity contribution in [3.8, 4) is 11.1 Å². The van der Waals surface area contributed by atoms with Gasteiger partial charge in [0.2, 0.25) is 0 Å². The van der Waals surface area contributed by atoms with Crippen molar-refractivity contribution in [2.24, 2.45) is 0 Å². The molecular formula is C23H28N4O2. The van der Waals surface area contributed by atoms with Crippen molar-refractivity contribution >= 4 is 5.97 Å². The predicted molar refractivity (Wildman–Crippen MR) is 113 cm³/mol. The number of carbonyl (C=O) groups is 1. The first-order valence-corrected chi connectivity index (χ1v) is 10.2. The van der Waals surface area contributed by atoms with E-state index in [1.165, 1.54) is 19.0 Å². The van der Waals surface area contributed by atoms with E-state index >= 15 is 0 Å². The van der Waals surface area contributed by atoms with Crippen LogP contribution in [0.5, 0.6) is 0 Å². The molecule has 29 heavy (non-hydrogen) atoms. The fourth-order valence-electron chi connectivity index (χ4n) is 3.26. The molecule has 0 aliphatic heterocycles. The first-order valence-electron chi connectivity index (χ1n) is 10.2. The van der Waals surface area contributed by atoms with Crippen molar-refractivity contribution in [3.05, 3.63) is 65.5 Å². The third-order valence-electron chi connectivity index (χ3n) is 4.93. The largest absolute Gasteiger partial charge is 0.478 e. The maximum Gasteiger partial charge on any atom is 0.337 e. The lowest BCUT2D eigenvalue weighted by molar-refractivity contribution is 0.0697. The third-order valence-corrected chi connectivity index (χ3v) is 4.93. The summed E-state index contributed by atoms with van der Waals surface area (Å²) in [7, 11) is 0. The molecule has 0 saturated heterocycles. The minimum atomic E-state index is -0.974. The molecule has 1 N–H and O–H groups in total. The van der Waals surface area contributed by atoms with Crippen LogP contribution in [0.1, 0.15) is 73.5 Å². The minimum Gasteiger partial charge on any atom is -0.478 e. The minimum absolute atomic E-state index is 0.206. The van der Waals surface area contributed by atoms with E-state index < -0.39 is 5.97 Å². The molecule has 0 bridgehead atoms. The van der Waals surface area contributed by atoms with Crippen LogP contribution < -0.4 is 0 Å². The average molecular weight is 393 g/mol. The number of carboxylic acid groups (broad SMARTS) is 1. The highest BCUT2D eigenvalue weighted by atomic mass is 16.4. The Labute approximate surface area is 171 Å². The molecule has 0 amide bonds. The molecule has 0 saturated carbocycles. The summed E-state index contributed by atoms with van der Waals surface area (Å²) in [5, 5.41) is 14.1. The van der Waals surface area contributed by atoms with Crippen LogP contribution in [0.25, 0.3) is 11.1 Å². The van der Waals surface area contributed by atoms with Gasteiger partial charge in [-0.2, -0.15) is 5.10 Å². The van der Waals surface area contributed by atoms with Crippen molar-refractivity contribution in [2.75, 3.05) is 0 Å². The zero-order valence-corrected chi connectivity index (χ0v) is 17.3. The summed E-state index contributed by atoms with van der Waals surface area (Å²) in [6.45, 7) is 7.31. The van der Waals surface area contributed by atoms with Crippen LogP contribution >= 0.6 is 0 Å². The van der Waals surface area contributed by atoms with Crippen LogP contribution in [0.4, 0.5) is 0 Å². The summed E-state index contributed by atoms with van der Waals surface area (Å²) in [4.78, 5) is 20.1. The molecule has 3 aromatic rings. The van der Waals surface area contributed by atoms with E-state index in [1.54, 1.807) is 12.3 Å². The topological polar surface area (TPSA) is 80.9 Å². The average Bonchev–Trinajstić information content (AvgIpc) is 3.12. The van der Waals surface area contributed by atoms with Crippen LogP contribution in [0, 0.1) is 0 Å². The molecule has 0 aliphatic carbocycles. The first-order chi connectivity index (χ1) is 14.0. The number of hydrogen-bond donors (Lipinski definition) is 1. The first kappa shape index (κ1) is 20.7. The highest BCUT2D eigenvalue weighted by Crippen LogP contribution is 2.24. The number of pyridine rings is 1. The zero-order chi connectivity index (χ0) is 20.8. The summed E-state index contributed by atoms with van der Waals surface area (Å²) in [5.74, 6) is 1.19. The van der Waals surface area contributed by atoms with Crippen LogP contribution in [0.3, 0.4) is 0 Å². The Kier molecular flexibility index (Phi) is 6.75. The molecule has 0 spiro atoms. The van der Waals surface area contributed by atoms with Crippen molar-refractivity contribution in [1.29, 1.82) is 0 Å². The van der Waals surface area contributed by atoms with Gasteiger partial charge in [-0.05, 0) is 29.2 Å². The van der Waals surface area contributed by atoms with E-state index in [1.807, 2.05) is 28.9 Å². The van der Waals surface area contributed by atoms with Gasteiger partial charge in [-0.1, -0.05) is 57.9 Å². The fourth-order valence-corrected chi connectivity index (χ4v) is 3.26. The number of unbranched alkanes of at least 4 members (excludes halogenated alkanes) is 2. The van der Waals surface area contributed by atoms with Crippen molar-refractivity contribution < 1.29 is 9.90 Å².